The average molecular weight is 227 g/mol. The lowest BCUT2D eigenvalue weighted by Gasteiger charge is -2.08. The summed E-state index contributed by atoms with van der Waals surface area (Å²) >= 11 is 3.70. The Hall–Kier alpha value is -0.0400. The second-order valence-electron chi connectivity index (χ2n) is 3.98. The topological polar surface area (TPSA) is 0 Å². The summed E-state index contributed by atoms with van der Waals surface area (Å²) in [5.41, 5.74) is 3.11. The van der Waals surface area contributed by atoms with E-state index in [9.17, 15) is 0 Å². The molecule has 0 aromatic heterocycles. The van der Waals surface area contributed by atoms with E-state index in [4.69, 9.17) is 0 Å². The molecule has 0 nitrogen and oxygen atoms in total. The third kappa shape index (κ3) is 1.52. The van der Waals surface area contributed by atoms with Crippen LogP contribution in [0.1, 0.15) is 38.5 Å². The van der Waals surface area contributed by atoms with Crippen molar-refractivity contribution < 1.29 is 0 Å². The normalized spacial score (nSPS) is 30.4. The van der Waals surface area contributed by atoms with Crippen molar-refractivity contribution in [1.82, 2.24) is 0 Å². The van der Waals surface area contributed by atoms with E-state index < -0.39 is 0 Å². The fourth-order valence-corrected chi connectivity index (χ4v) is 3.31. The first-order valence-corrected chi connectivity index (χ1v) is 5.60. The Kier molecular flexibility index (Phi) is 2.40. The smallest absolute Gasteiger partial charge is 0.000373 e. The van der Waals surface area contributed by atoms with Crippen LogP contribution in [0, 0.1) is 5.92 Å². The Morgan fingerprint density at radius 3 is 2.92 bits per heavy atom. The molecule has 0 radical (unpaired) electrons. The zero-order valence-corrected chi connectivity index (χ0v) is 8.99. The minimum absolute atomic E-state index is 0.888. The fourth-order valence-electron chi connectivity index (χ4n) is 2.39. The molecule has 12 heavy (non-hydrogen) atoms. The molecule has 1 atom stereocenters. The van der Waals surface area contributed by atoms with Gasteiger partial charge in [-0.3, -0.25) is 0 Å². The quantitative estimate of drug-likeness (QED) is 0.544. The van der Waals surface area contributed by atoms with Crippen LogP contribution >= 0.6 is 15.9 Å². The number of rotatable bonds is 0. The second-order valence-corrected chi connectivity index (χ2v) is 4.94. The number of halogens is 1. The van der Waals surface area contributed by atoms with Gasteiger partial charge < -0.3 is 0 Å². The molecule has 0 N–H and O–H groups in total. The highest BCUT2D eigenvalue weighted by Crippen LogP contribution is 2.43. The molecule has 0 spiro atoms. The minimum Gasteiger partial charge on any atom is -0.0995 e. The van der Waals surface area contributed by atoms with Gasteiger partial charge in [0.1, 0.15) is 0 Å². The van der Waals surface area contributed by atoms with Gasteiger partial charge in [-0.05, 0) is 48.9 Å². The molecule has 1 saturated carbocycles. The fraction of sp³-hybridized carbons (Fsp3) is 0.636. The molecule has 1 fully saturated rings. The van der Waals surface area contributed by atoms with E-state index >= 15 is 0 Å². The lowest BCUT2D eigenvalue weighted by atomic mass is 9.98. The van der Waals surface area contributed by atoms with Gasteiger partial charge >= 0.3 is 0 Å². The van der Waals surface area contributed by atoms with Crippen LogP contribution < -0.4 is 0 Å². The van der Waals surface area contributed by atoms with Crippen molar-refractivity contribution in [3.05, 3.63) is 22.2 Å². The maximum Gasteiger partial charge on any atom is -0.000373 e. The van der Waals surface area contributed by atoms with Crippen LogP contribution in [0.15, 0.2) is 22.2 Å². The van der Waals surface area contributed by atoms with E-state index in [-0.39, 0.29) is 0 Å². The molecule has 0 bridgehead atoms. The third-order valence-corrected chi connectivity index (χ3v) is 3.88. The SMILES string of the molecule is C=C1CCC2CCCC2=C(Br)C1. The Balaban J connectivity index is 2.25. The van der Waals surface area contributed by atoms with E-state index in [1.807, 2.05) is 0 Å². The van der Waals surface area contributed by atoms with E-state index in [1.165, 1.54) is 42.2 Å². The lowest BCUT2D eigenvalue weighted by Crippen LogP contribution is -1.94. The molecule has 1 unspecified atom stereocenters. The van der Waals surface area contributed by atoms with Gasteiger partial charge in [0, 0.05) is 0 Å². The molecule has 0 saturated heterocycles. The first-order chi connectivity index (χ1) is 5.77. The molecular weight excluding hydrogens is 212 g/mol. The number of fused-ring (bicyclic) bond motifs is 1. The average Bonchev–Trinajstić information content (AvgIpc) is 2.43. The van der Waals surface area contributed by atoms with E-state index in [0.29, 0.717) is 0 Å². The van der Waals surface area contributed by atoms with Crippen molar-refractivity contribution in [2.75, 3.05) is 0 Å². The van der Waals surface area contributed by atoms with Crippen molar-refractivity contribution >= 4 is 15.9 Å². The van der Waals surface area contributed by atoms with Gasteiger partial charge in [-0.25, -0.2) is 0 Å². The van der Waals surface area contributed by atoms with Gasteiger partial charge in [0.05, 0.1) is 0 Å². The molecule has 66 valence electrons. The Morgan fingerprint density at radius 2 is 2.08 bits per heavy atom. The first-order valence-electron chi connectivity index (χ1n) is 4.81. The molecular formula is C11H15Br. The number of hydrogen-bond donors (Lipinski definition) is 0. The van der Waals surface area contributed by atoms with Crippen molar-refractivity contribution in [1.29, 1.82) is 0 Å². The van der Waals surface area contributed by atoms with E-state index in [2.05, 4.69) is 22.5 Å². The van der Waals surface area contributed by atoms with Gasteiger partial charge in [0.2, 0.25) is 0 Å². The summed E-state index contributed by atoms with van der Waals surface area (Å²) in [7, 11) is 0. The highest BCUT2D eigenvalue weighted by molar-refractivity contribution is 9.11. The largest absolute Gasteiger partial charge is 0.0995 e. The predicted octanol–water partition coefficient (Wildman–Crippen LogP) is 4.18. The standard InChI is InChI=1S/C11H15Br/c1-8-5-6-9-3-2-4-10(9)11(12)7-8/h9H,1-7H2. The number of allylic oxidation sites excluding steroid dienone is 3. The second kappa shape index (κ2) is 3.37. The summed E-state index contributed by atoms with van der Waals surface area (Å²) in [6.45, 7) is 4.09. The molecule has 1 heteroatoms. The highest BCUT2D eigenvalue weighted by Gasteiger charge is 2.25. The van der Waals surface area contributed by atoms with Crippen LogP contribution in [-0.4, -0.2) is 0 Å². The van der Waals surface area contributed by atoms with Crippen LogP contribution in [0.25, 0.3) is 0 Å². The van der Waals surface area contributed by atoms with Crippen molar-refractivity contribution in [2.45, 2.75) is 38.5 Å². The maximum absolute atomic E-state index is 4.09. The predicted molar refractivity (Wildman–Crippen MR) is 56.3 cm³/mol. The van der Waals surface area contributed by atoms with Crippen LogP contribution in [0.4, 0.5) is 0 Å². The maximum atomic E-state index is 4.09. The van der Waals surface area contributed by atoms with E-state index in [1.54, 1.807) is 5.57 Å². The summed E-state index contributed by atoms with van der Waals surface area (Å²) in [5, 5.41) is 0. The summed E-state index contributed by atoms with van der Waals surface area (Å²) in [6, 6.07) is 0. The molecule has 2 aliphatic carbocycles. The van der Waals surface area contributed by atoms with Crippen molar-refractivity contribution in [2.24, 2.45) is 5.92 Å². The van der Waals surface area contributed by atoms with Gasteiger partial charge in [-0.15, -0.1) is 0 Å². The molecule has 0 amide bonds. The highest BCUT2D eigenvalue weighted by atomic mass is 79.9. The van der Waals surface area contributed by atoms with Crippen LogP contribution in [0.5, 0.6) is 0 Å². The zero-order valence-electron chi connectivity index (χ0n) is 7.41. The molecule has 0 heterocycles. The molecule has 0 aromatic carbocycles. The summed E-state index contributed by atoms with van der Waals surface area (Å²) in [5.74, 6) is 0.888. The van der Waals surface area contributed by atoms with Crippen LogP contribution in [0.2, 0.25) is 0 Å². The third-order valence-electron chi connectivity index (χ3n) is 3.09. The number of hydrogen-bond acceptors (Lipinski definition) is 0. The van der Waals surface area contributed by atoms with Crippen LogP contribution in [-0.2, 0) is 0 Å². The summed E-state index contributed by atoms with van der Waals surface area (Å²) in [4.78, 5) is 0. The first kappa shape index (κ1) is 8.55. The Labute approximate surface area is 82.9 Å². The molecule has 0 aliphatic heterocycles. The zero-order chi connectivity index (χ0) is 8.55. The molecule has 2 rings (SSSR count). The van der Waals surface area contributed by atoms with Gasteiger partial charge in [0.25, 0.3) is 0 Å². The molecule has 2 aliphatic rings. The molecule has 0 aromatic rings. The lowest BCUT2D eigenvalue weighted by molar-refractivity contribution is 0.577. The van der Waals surface area contributed by atoms with Crippen molar-refractivity contribution in [3.8, 4) is 0 Å². The van der Waals surface area contributed by atoms with Gasteiger partial charge in [0.15, 0.2) is 0 Å². The van der Waals surface area contributed by atoms with Crippen LogP contribution in [0.3, 0.4) is 0 Å². The summed E-state index contributed by atoms with van der Waals surface area (Å²) in [6.07, 6.45) is 7.84. The van der Waals surface area contributed by atoms with Gasteiger partial charge in [-0.2, -0.15) is 0 Å². The van der Waals surface area contributed by atoms with Gasteiger partial charge in [-0.1, -0.05) is 33.7 Å². The minimum atomic E-state index is 0.888. The van der Waals surface area contributed by atoms with E-state index in [0.717, 1.165) is 12.3 Å². The Bertz CT molecular complexity index is 237. The van der Waals surface area contributed by atoms with Crippen molar-refractivity contribution in [3.63, 3.8) is 0 Å². The monoisotopic (exact) mass is 226 g/mol. The summed E-state index contributed by atoms with van der Waals surface area (Å²) < 4.78 is 1.45. The Morgan fingerprint density at radius 1 is 1.25 bits per heavy atom.